The predicted octanol–water partition coefficient (Wildman–Crippen LogP) is 29.3. The molecule has 0 fully saturated rings. The first-order chi connectivity index (χ1) is 56.3. The van der Waals surface area contributed by atoms with Gasteiger partial charge in [-0.15, -0.1) is 20.0 Å². The van der Waals surface area contributed by atoms with Crippen molar-refractivity contribution in [1.82, 2.24) is 14.7 Å². The van der Waals surface area contributed by atoms with E-state index in [-0.39, 0.29) is 67.1 Å². The minimum atomic E-state index is 0. The molecule has 0 saturated heterocycles. The van der Waals surface area contributed by atoms with E-state index in [1.165, 1.54) is 112 Å². The van der Waals surface area contributed by atoms with E-state index in [9.17, 15) is 0 Å². The quantitative estimate of drug-likeness (QED) is 0.0249. The summed E-state index contributed by atoms with van der Waals surface area (Å²) in [6.45, 7) is 69.1. The molecule has 0 unspecified atom stereocenters. The third kappa shape index (κ3) is 31.1. The van der Waals surface area contributed by atoms with Gasteiger partial charge in [0.1, 0.15) is 0 Å². The van der Waals surface area contributed by atoms with Crippen molar-refractivity contribution in [2.75, 3.05) is 56.6 Å². The van der Waals surface area contributed by atoms with E-state index in [0.717, 1.165) is 26.2 Å². The van der Waals surface area contributed by atoms with Crippen molar-refractivity contribution in [2.24, 2.45) is 0 Å². The van der Waals surface area contributed by atoms with Gasteiger partial charge in [0.15, 0.2) is 0 Å². The number of benzene rings is 8. The fourth-order valence-corrected chi connectivity index (χ4v) is 15.8. The van der Waals surface area contributed by atoms with E-state index >= 15 is 0 Å². The van der Waals surface area contributed by atoms with Crippen molar-refractivity contribution in [3.8, 4) is 0 Å². The summed E-state index contributed by atoms with van der Waals surface area (Å²) in [6, 6.07) is 61.0. The second kappa shape index (κ2) is 53.8. The van der Waals surface area contributed by atoms with E-state index in [4.69, 9.17) is 49.7 Å². The molecule has 0 atom stereocenters. The summed E-state index contributed by atoms with van der Waals surface area (Å²) in [7, 11) is 3.66. The molecule has 8 aromatic carbocycles. The van der Waals surface area contributed by atoms with Gasteiger partial charge in [0.25, 0.3) is 0 Å². The minimum absolute atomic E-state index is 0. The molecule has 0 amide bonds. The summed E-state index contributed by atoms with van der Waals surface area (Å²) in [5.74, 6) is 5.76. The largest absolute Gasteiger partial charge is 0.479 e. The molecule has 3 radical (unpaired) electrons. The molecular weight excluding hydrogens is 2160 g/mol. The van der Waals surface area contributed by atoms with Gasteiger partial charge in [-0.2, -0.15) is 0 Å². The first-order valence-corrected chi connectivity index (χ1v) is 45.7. The molecule has 3 aliphatic heterocycles. The fourth-order valence-electron chi connectivity index (χ4n) is 15.0. The minimum Gasteiger partial charge on any atom is -0.479 e. The summed E-state index contributed by atoms with van der Waals surface area (Å²) < 4.78 is 1.60. The Kier molecular flexibility index (Phi) is 48.8. The molecule has 677 valence electrons. The van der Waals surface area contributed by atoms with Gasteiger partial charge in [0.2, 0.25) is 0 Å². The van der Waals surface area contributed by atoms with Crippen LogP contribution < -0.4 is 29.4 Å². The molecule has 18 heteroatoms. The summed E-state index contributed by atoms with van der Waals surface area (Å²) in [4.78, 5) is 19.7. The number of hydrogen-bond donors (Lipinski definition) is 0. The molecule has 0 bridgehead atoms. The topological polar surface area (TPSA) is 29.2 Å². The van der Waals surface area contributed by atoms with Gasteiger partial charge >= 0.3 is 0 Å². The number of rotatable bonds is 24. The Morgan fingerprint density at radius 2 is 0.402 bits per heavy atom. The van der Waals surface area contributed by atoms with Gasteiger partial charge in [0.05, 0.1) is 0 Å². The Morgan fingerprint density at radius 1 is 0.254 bits per heavy atom. The van der Waals surface area contributed by atoms with Gasteiger partial charge in [-0.1, -0.05) is 349 Å². The number of para-hydroxylation sites is 6. The average Bonchev–Trinajstić information content (AvgIpc) is 1.61. The maximum Gasteiger partial charge on any atom is 0.0417 e. The van der Waals surface area contributed by atoms with Gasteiger partial charge in [0, 0.05) is 142 Å². The van der Waals surface area contributed by atoms with Crippen LogP contribution in [0.2, 0.25) is 0 Å². The van der Waals surface area contributed by atoms with Crippen molar-refractivity contribution in [1.29, 1.82) is 0 Å². The van der Waals surface area contributed by atoms with Crippen LogP contribution >= 0.6 is 36.7 Å². The second-order valence-corrected chi connectivity index (χ2v) is 38.0. The van der Waals surface area contributed by atoms with Crippen LogP contribution in [0.5, 0.6) is 0 Å². The van der Waals surface area contributed by atoms with E-state index < -0.39 is 0 Å². The molecule has 3 aliphatic rings. The molecule has 9 nitrogen and oxygen atoms in total. The molecule has 0 aliphatic carbocycles. The third-order valence-corrected chi connectivity index (χ3v) is 23.4. The van der Waals surface area contributed by atoms with Crippen LogP contribution in [0, 0.1) is 20.0 Å². The summed E-state index contributed by atoms with van der Waals surface area (Å²) in [5.41, 5.74) is 27.3. The molecule has 0 aromatic heterocycles. The molecule has 8 aromatic rings. The van der Waals surface area contributed by atoms with Gasteiger partial charge in [-0.05, 0) is 200 Å². The van der Waals surface area contributed by atoms with Crippen LogP contribution in [0.1, 0.15) is 329 Å². The van der Waals surface area contributed by atoms with Crippen molar-refractivity contribution in [2.45, 2.75) is 264 Å². The van der Waals surface area contributed by atoms with Crippen molar-refractivity contribution in [3.05, 3.63) is 305 Å². The van der Waals surface area contributed by atoms with Crippen molar-refractivity contribution >= 4 is 122 Å². The maximum atomic E-state index is 5.16. The van der Waals surface area contributed by atoms with Gasteiger partial charge in [-0.3, -0.25) is 0 Å². The van der Waals surface area contributed by atoms with Gasteiger partial charge < -0.3 is 119 Å². The zero-order valence-electron chi connectivity index (χ0n) is 78.0. The summed E-state index contributed by atoms with van der Waals surface area (Å²) >= 11 is 28.9. The van der Waals surface area contributed by atoms with Crippen LogP contribution in [0.25, 0.3) is 0 Å². The van der Waals surface area contributed by atoms with Crippen LogP contribution in [0.3, 0.4) is 0 Å². The van der Waals surface area contributed by atoms with Crippen LogP contribution in [0.15, 0.2) is 207 Å². The molecule has 122 heavy (non-hydrogen) atoms. The molecule has 0 spiro atoms. The molecule has 3 heterocycles. The third-order valence-electron chi connectivity index (χ3n) is 21.6. The normalized spacial score (nSPS) is 12.7. The van der Waals surface area contributed by atoms with E-state index in [2.05, 4.69) is 411 Å². The van der Waals surface area contributed by atoms with E-state index in [1.807, 2.05) is 74.1 Å². The SMILES string of the molecule is CC(C)c1cccc(C(C)C)c1N1C=CN(c2c(C(C)C)cccc2C(C)C)[CH-]1.CC(C)c1cccc(C(C)C)c1N1C=CN(c2c(C(C)C)cccc2C(C)C)[CH-]1.CC(C)c1cccc(C(C)C)c1N1C=CN(c2c(C(C)C)cccc2C(C)C)[CH-]1.CCN(CC)C(=S)[S-].CN(C)C(=S)[S-].S=C([S-])N(Cc1ccccc1)Cc1ccccc1.[Au].[Au].[Au]. The molecule has 11 rings (SSSR count). The zero-order chi connectivity index (χ0) is 88.4. The maximum absolute atomic E-state index is 5.16. The zero-order valence-corrected chi connectivity index (χ0v) is 89.4. The van der Waals surface area contributed by atoms with Crippen LogP contribution in [0.4, 0.5) is 34.1 Å². The van der Waals surface area contributed by atoms with Gasteiger partial charge in [-0.25, -0.2) is 0 Å². The molecule has 0 N–H and O–H groups in total. The Labute approximate surface area is 820 Å². The summed E-state index contributed by atoms with van der Waals surface area (Å²) in [6.07, 6.45) is 13.3. The smallest absolute Gasteiger partial charge is 0.0417 e. The standard InChI is InChI=1S/3C27H37N2.C15H15NS2.C5H11NS2.C3H7NS2.3Au/c3*1-18(2)22-11-9-12-23(19(3)4)26(22)28-15-16-29(17-28)27-24(20(5)6)13-10-14-25(27)21(7)8;17-15(18)16(11-13-7-3-1-4-8-13)12-14-9-5-2-6-10-14;1-3-6(4-2)5(7)8;1-4(2)3(5)6;;;/h3*9-21H,1-8H3;1-10H,11-12H2,(H,17,18);3-4H2,1-2H3,(H,7,8);1-2H3,(H,5,6);;;/q3*-1;;;;;;/p-3. The number of thiocarbonyl (C=S) groups is 3. The van der Waals surface area contributed by atoms with Crippen LogP contribution in [-0.4, -0.2) is 54.8 Å². The molecule has 0 saturated carbocycles. The van der Waals surface area contributed by atoms with E-state index in [0.29, 0.717) is 84.0 Å². The number of hydrogen-bond acceptors (Lipinski definition) is 12. The first-order valence-electron chi connectivity index (χ1n) is 43.2. The monoisotopic (exact) mass is 2300 g/mol. The number of anilines is 6. The second-order valence-electron chi connectivity index (χ2n) is 34.9. The number of nitrogens with zero attached hydrogens (tertiary/aromatic N) is 9. The Hall–Kier alpha value is -5.67. The predicted molar refractivity (Wildman–Crippen MR) is 542 cm³/mol. The van der Waals surface area contributed by atoms with Crippen LogP contribution in [-0.2, 0) is 118 Å². The average molecular weight is 2300 g/mol. The Morgan fingerprint density at radius 3 is 0.508 bits per heavy atom. The molecular formula is C104H141Au3N9S6-6. The summed E-state index contributed by atoms with van der Waals surface area (Å²) in [5, 5.41) is 0. The fraction of sp³-hybridized carbons (Fsp3) is 0.423. The Bertz CT molecular complexity index is 3840. The first kappa shape index (κ1) is 111. The van der Waals surface area contributed by atoms with Crippen molar-refractivity contribution < 1.29 is 67.1 Å². The van der Waals surface area contributed by atoms with Crippen molar-refractivity contribution in [3.63, 3.8) is 0 Å². The van der Waals surface area contributed by atoms with E-state index in [1.54, 1.807) is 4.90 Å². The Balaban J connectivity index is 0.000000399.